The van der Waals surface area contributed by atoms with Gasteiger partial charge in [-0.15, -0.1) is 11.3 Å². The molecular weight excluding hydrogens is 360 g/mol. The summed E-state index contributed by atoms with van der Waals surface area (Å²) in [4.78, 5) is 30.2. The van der Waals surface area contributed by atoms with Gasteiger partial charge in [-0.3, -0.25) is 9.59 Å². The lowest BCUT2D eigenvalue weighted by atomic mass is 9.79. The number of aliphatic carboxylic acids is 1. The highest BCUT2D eigenvalue weighted by atomic mass is 32.1. The van der Waals surface area contributed by atoms with Gasteiger partial charge in [0, 0.05) is 10.4 Å². The molecule has 0 saturated heterocycles. The minimum atomic E-state index is -0.839. The molecule has 0 spiro atoms. The van der Waals surface area contributed by atoms with E-state index in [2.05, 4.69) is 36.3 Å². The molecule has 2 aromatic rings. The Hall–Kier alpha value is -2.21. The van der Waals surface area contributed by atoms with Gasteiger partial charge >= 0.3 is 5.97 Å². The number of aromatic nitrogens is 1. The van der Waals surface area contributed by atoms with Crippen LogP contribution in [0.1, 0.15) is 35.3 Å². The third kappa shape index (κ3) is 3.16. The molecular formula is C21H24N2O3S. The van der Waals surface area contributed by atoms with Crippen LogP contribution in [0.15, 0.2) is 18.2 Å². The van der Waals surface area contributed by atoms with Gasteiger partial charge < -0.3 is 10.4 Å². The van der Waals surface area contributed by atoms with E-state index in [9.17, 15) is 14.7 Å². The monoisotopic (exact) mass is 384 g/mol. The van der Waals surface area contributed by atoms with Gasteiger partial charge in [-0.2, -0.15) is 0 Å². The molecule has 1 aromatic carbocycles. The number of hydrogen-bond acceptors (Lipinski definition) is 4. The van der Waals surface area contributed by atoms with Crippen LogP contribution in [-0.2, 0) is 9.59 Å². The Labute approximate surface area is 162 Å². The largest absolute Gasteiger partial charge is 0.481 e. The van der Waals surface area contributed by atoms with Gasteiger partial charge in [0.05, 0.1) is 17.5 Å². The Kier molecular flexibility index (Phi) is 4.54. The molecule has 5 nitrogen and oxygen atoms in total. The van der Waals surface area contributed by atoms with E-state index in [1.807, 2.05) is 13.0 Å². The number of rotatable bonds is 4. The minimum absolute atomic E-state index is 0.146. The minimum Gasteiger partial charge on any atom is -0.481 e. The van der Waals surface area contributed by atoms with Gasteiger partial charge in [0.25, 0.3) is 0 Å². The molecule has 6 heteroatoms. The van der Waals surface area contributed by atoms with Gasteiger partial charge in [-0.25, -0.2) is 4.98 Å². The van der Waals surface area contributed by atoms with Crippen LogP contribution in [0, 0.1) is 44.4 Å². The van der Waals surface area contributed by atoms with E-state index in [0.717, 1.165) is 35.4 Å². The number of fused-ring (bicyclic) bond motifs is 2. The average molecular weight is 385 g/mol. The van der Waals surface area contributed by atoms with Gasteiger partial charge in [0.15, 0.2) is 5.13 Å². The normalized spacial score (nSPS) is 26.3. The summed E-state index contributed by atoms with van der Waals surface area (Å²) in [6, 6.07) is 6.24. The van der Waals surface area contributed by atoms with Crippen molar-refractivity contribution in [2.45, 2.75) is 40.0 Å². The Morgan fingerprint density at radius 1 is 1.11 bits per heavy atom. The number of carbonyl (C=O) groups is 2. The smallest absolute Gasteiger partial charge is 0.307 e. The number of aryl methyl sites for hydroxylation is 3. The summed E-state index contributed by atoms with van der Waals surface area (Å²) in [7, 11) is 0. The molecule has 1 aromatic heterocycles. The van der Waals surface area contributed by atoms with E-state index in [4.69, 9.17) is 0 Å². The summed E-state index contributed by atoms with van der Waals surface area (Å²) in [5, 5.41) is 13.0. The molecule has 2 N–H and O–H groups in total. The highest BCUT2D eigenvalue weighted by Crippen LogP contribution is 2.52. The van der Waals surface area contributed by atoms with Crippen LogP contribution in [0.25, 0.3) is 11.3 Å². The van der Waals surface area contributed by atoms with Crippen LogP contribution in [0.2, 0.25) is 0 Å². The summed E-state index contributed by atoms with van der Waals surface area (Å²) < 4.78 is 0. The van der Waals surface area contributed by atoms with Crippen molar-refractivity contribution in [3.05, 3.63) is 34.2 Å². The number of carboxylic acids is 1. The molecule has 2 aliphatic carbocycles. The van der Waals surface area contributed by atoms with Crippen molar-refractivity contribution in [3.8, 4) is 11.3 Å². The van der Waals surface area contributed by atoms with Crippen molar-refractivity contribution >= 4 is 28.3 Å². The number of anilines is 1. The lowest BCUT2D eigenvalue weighted by Crippen LogP contribution is -2.37. The summed E-state index contributed by atoms with van der Waals surface area (Å²) in [5.41, 5.74) is 4.35. The maximum atomic E-state index is 12.9. The van der Waals surface area contributed by atoms with Crippen molar-refractivity contribution in [2.24, 2.45) is 23.7 Å². The van der Waals surface area contributed by atoms with Crippen LogP contribution in [-0.4, -0.2) is 22.0 Å². The molecule has 1 amide bonds. The fourth-order valence-electron chi connectivity index (χ4n) is 4.82. The van der Waals surface area contributed by atoms with Gasteiger partial charge in [0.2, 0.25) is 5.91 Å². The molecule has 0 unspecified atom stereocenters. The standard InChI is InChI=1S/C21H24N2O3S/c1-10-4-5-15(8-11(10)2)18-12(3)27-21(22-18)23-19(24)16-13-6-7-14(9-13)17(16)20(25)26/h4-5,8,13-14,16-17H,6-7,9H2,1-3H3,(H,25,26)(H,22,23,24)/t13-,14+,16+,17+/m1/s1. The molecule has 2 bridgehead atoms. The van der Waals surface area contributed by atoms with E-state index in [-0.39, 0.29) is 17.7 Å². The number of benzene rings is 1. The Balaban J connectivity index is 1.56. The molecule has 0 radical (unpaired) electrons. The van der Waals surface area contributed by atoms with Gasteiger partial charge in [0.1, 0.15) is 0 Å². The number of thiazole rings is 1. The predicted octanol–water partition coefficient (Wildman–Crippen LogP) is 4.42. The van der Waals surface area contributed by atoms with Crippen LogP contribution in [0.5, 0.6) is 0 Å². The molecule has 4 atom stereocenters. The van der Waals surface area contributed by atoms with E-state index < -0.39 is 17.8 Å². The highest BCUT2D eigenvalue weighted by molar-refractivity contribution is 7.16. The topological polar surface area (TPSA) is 79.3 Å². The second-order valence-electron chi connectivity index (χ2n) is 7.94. The number of nitrogens with zero attached hydrogens (tertiary/aromatic N) is 1. The van der Waals surface area contributed by atoms with Gasteiger partial charge in [-0.05, 0) is 69.1 Å². The average Bonchev–Trinajstić information content (AvgIpc) is 3.31. The first kappa shape index (κ1) is 18.2. The molecule has 27 heavy (non-hydrogen) atoms. The number of carbonyl (C=O) groups excluding carboxylic acids is 1. The highest BCUT2D eigenvalue weighted by Gasteiger charge is 2.54. The molecule has 2 saturated carbocycles. The van der Waals surface area contributed by atoms with Gasteiger partial charge in [-0.1, -0.05) is 12.1 Å². The van der Waals surface area contributed by atoms with Crippen LogP contribution in [0.4, 0.5) is 5.13 Å². The third-order valence-corrected chi connectivity index (χ3v) is 7.20. The number of carboxylic acid groups (broad SMARTS) is 1. The zero-order chi connectivity index (χ0) is 19.3. The SMILES string of the molecule is Cc1ccc(-c2nc(NC(=O)[C@H]3[C@@H]4CC[C@@H](C4)[C@@H]3C(=O)O)sc2C)cc1C. The first-order valence-electron chi connectivity index (χ1n) is 9.44. The molecule has 0 aliphatic heterocycles. The summed E-state index contributed by atoms with van der Waals surface area (Å²) in [6.45, 7) is 6.15. The first-order valence-corrected chi connectivity index (χ1v) is 10.3. The molecule has 2 aliphatic rings. The maximum absolute atomic E-state index is 12.9. The lowest BCUT2D eigenvalue weighted by molar-refractivity contribution is -0.148. The Morgan fingerprint density at radius 3 is 2.48 bits per heavy atom. The van der Waals surface area contributed by atoms with Crippen molar-refractivity contribution in [2.75, 3.05) is 5.32 Å². The zero-order valence-electron chi connectivity index (χ0n) is 15.8. The summed E-state index contributed by atoms with van der Waals surface area (Å²) in [6.07, 6.45) is 2.75. The molecule has 2 fully saturated rings. The molecule has 4 rings (SSSR count). The quantitative estimate of drug-likeness (QED) is 0.818. The Bertz CT molecular complexity index is 920. The fraction of sp³-hybridized carbons (Fsp3) is 0.476. The van der Waals surface area contributed by atoms with Crippen LogP contribution >= 0.6 is 11.3 Å². The maximum Gasteiger partial charge on any atom is 0.307 e. The summed E-state index contributed by atoms with van der Waals surface area (Å²) in [5.74, 6) is -1.67. The predicted molar refractivity (Wildman–Crippen MR) is 106 cm³/mol. The van der Waals surface area contributed by atoms with Crippen molar-refractivity contribution < 1.29 is 14.7 Å². The number of hydrogen-bond donors (Lipinski definition) is 2. The van der Waals surface area contributed by atoms with Crippen molar-refractivity contribution in [3.63, 3.8) is 0 Å². The summed E-state index contributed by atoms with van der Waals surface area (Å²) >= 11 is 1.45. The molecule has 1 heterocycles. The van der Waals surface area contributed by atoms with E-state index in [0.29, 0.717) is 5.13 Å². The van der Waals surface area contributed by atoms with Crippen LogP contribution < -0.4 is 5.32 Å². The van der Waals surface area contributed by atoms with E-state index in [1.54, 1.807) is 0 Å². The van der Waals surface area contributed by atoms with Crippen LogP contribution in [0.3, 0.4) is 0 Å². The second-order valence-corrected chi connectivity index (χ2v) is 9.14. The van der Waals surface area contributed by atoms with E-state index >= 15 is 0 Å². The Morgan fingerprint density at radius 2 is 1.81 bits per heavy atom. The second kappa shape index (κ2) is 6.75. The lowest BCUT2D eigenvalue weighted by Gasteiger charge is -2.26. The number of amides is 1. The first-order chi connectivity index (χ1) is 12.8. The zero-order valence-corrected chi connectivity index (χ0v) is 16.6. The molecule has 142 valence electrons. The van der Waals surface area contributed by atoms with Crippen molar-refractivity contribution in [1.82, 2.24) is 4.98 Å². The van der Waals surface area contributed by atoms with E-state index in [1.165, 1.54) is 22.5 Å². The third-order valence-electron chi connectivity index (χ3n) is 6.31. The fourth-order valence-corrected chi connectivity index (χ4v) is 5.66. The van der Waals surface area contributed by atoms with Crippen molar-refractivity contribution in [1.29, 1.82) is 0 Å². The number of nitrogens with one attached hydrogen (secondary N) is 1.